The molecule has 2 heterocycles. The van der Waals surface area contributed by atoms with Crippen LogP contribution in [0.5, 0.6) is 5.75 Å². The number of hydrogen-bond donors (Lipinski definition) is 0. The third kappa shape index (κ3) is 4.36. The van der Waals surface area contributed by atoms with Crippen LogP contribution >= 0.6 is 0 Å². The molecule has 31 heavy (non-hydrogen) atoms. The molecule has 1 saturated carbocycles. The third-order valence-electron chi connectivity index (χ3n) is 6.75. The first kappa shape index (κ1) is 22.2. The normalized spacial score (nSPS) is 22.9. The fourth-order valence-corrected chi connectivity index (χ4v) is 6.38. The molecule has 0 aromatic heterocycles. The molecule has 1 aliphatic carbocycles. The van der Waals surface area contributed by atoms with Crippen molar-refractivity contribution < 1.29 is 22.7 Å². The van der Waals surface area contributed by atoms with Crippen LogP contribution < -0.4 is 4.74 Å². The summed E-state index contributed by atoms with van der Waals surface area (Å²) in [4.78, 5) is 29.2. The molecular weight excluding hydrogens is 418 g/mol. The summed E-state index contributed by atoms with van der Waals surface area (Å²) in [6.45, 7) is 4.30. The molecule has 0 unspecified atom stereocenters. The van der Waals surface area contributed by atoms with Crippen LogP contribution in [0.3, 0.4) is 0 Å². The number of nitrogens with zero attached hydrogens (tertiary/aromatic N) is 3. The summed E-state index contributed by atoms with van der Waals surface area (Å²) in [7, 11) is -3.58. The van der Waals surface area contributed by atoms with Crippen LogP contribution in [0.4, 0.5) is 0 Å². The summed E-state index contributed by atoms with van der Waals surface area (Å²) in [5.41, 5.74) is -0.478. The Kier molecular flexibility index (Phi) is 6.37. The van der Waals surface area contributed by atoms with Gasteiger partial charge in [0.2, 0.25) is 21.8 Å². The second-order valence-corrected chi connectivity index (χ2v) is 10.7. The van der Waals surface area contributed by atoms with Gasteiger partial charge >= 0.3 is 0 Å². The van der Waals surface area contributed by atoms with E-state index in [1.807, 2.05) is 11.8 Å². The van der Waals surface area contributed by atoms with Crippen molar-refractivity contribution in [3.63, 3.8) is 0 Å². The van der Waals surface area contributed by atoms with Gasteiger partial charge in [-0.05, 0) is 44.0 Å². The Labute approximate surface area is 184 Å². The van der Waals surface area contributed by atoms with Crippen LogP contribution in [-0.4, -0.2) is 73.8 Å². The molecule has 3 aliphatic rings. The highest BCUT2D eigenvalue weighted by molar-refractivity contribution is 7.89. The standard InChI is InChI=1S/C22H31N3O5S/c1-2-30-18-6-8-19(9-7-18)31(28,29)24-14-12-23(13-15-24)17-25-20(26)16-22(21(25)27)10-4-3-5-11-22/h6-9H,2-5,10-17H2,1H3. The Hall–Kier alpha value is -1.97. The van der Waals surface area contributed by atoms with E-state index in [1.165, 1.54) is 9.21 Å². The van der Waals surface area contributed by atoms with Gasteiger partial charge in [0.25, 0.3) is 0 Å². The van der Waals surface area contributed by atoms with Gasteiger partial charge in [-0.15, -0.1) is 0 Å². The van der Waals surface area contributed by atoms with Crippen LogP contribution in [-0.2, 0) is 19.6 Å². The third-order valence-corrected chi connectivity index (χ3v) is 8.66. The maximum Gasteiger partial charge on any atom is 0.243 e. The fraction of sp³-hybridized carbons (Fsp3) is 0.636. The van der Waals surface area contributed by atoms with Crippen LogP contribution in [0.15, 0.2) is 29.2 Å². The minimum Gasteiger partial charge on any atom is -0.494 e. The van der Waals surface area contributed by atoms with E-state index >= 15 is 0 Å². The van der Waals surface area contributed by atoms with E-state index in [0.29, 0.717) is 45.0 Å². The number of imide groups is 1. The average Bonchev–Trinajstić information content (AvgIpc) is 2.99. The molecular formula is C22H31N3O5S. The van der Waals surface area contributed by atoms with Crippen LogP contribution in [0, 0.1) is 5.41 Å². The van der Waals surface area contributed by atoms with E-state index in [9.17, 15) is 18.0 Å². The van der Waals surface area contributed by atoms with Crippen molar-refractivity contribution in [3.8, 4) is 5.75 Å². The number of sulfonamides is 1. The number of amides is 2. The smallest absolute Gasteiger partial charge is 0.243 e. The van der Waals surface area contributed by atoms with E-state index in [1.54, 1.807) is 24.3 Å². The number of piperazine rings is 1. The molecule has 4 rings (SSSR count). The number of rotatable bonds is 6. The largest absolute Gasteiger partial charge is 0.494 e. The molecule has 1 aromatic rings. The van der Waals surface area contributed by atoms with Crippen LogP contribution in [0.2, 0.25) is 0 Å². The molecule has 0 atom stereocenters. The van der Waals surface area contributed by atoms with Crippen LogP contribution in [0.25, 0.3) is 0 Å². The van der Waals surface area contributed by atoms with Crippen molar-refractivity contribution in [2.45, 2.75) is 50.3 Å². The van der Waals surface area contributed by atoms with Gasteiger partial charge in [0, 0.05) is 32.6 Å². The maximum atomic E-state index is 13.0. The second kappa shape index (κ2) is 8.88. The predicted octanol–water partition coefficient (Wildman–Crippen LogP) is 2.06. The maximum absolute atomic E-state index is 13.0. The quantitative estimate of drug-likeness (QED) is 0.618. The van der Waals surface area contributed by atoms with Gasteiger partial charge in [0.15, 0.2) is 0 Å². The average molecular weight is 450 g/mol. The highest BCUT2D eigenvalue weighted by Gasteiger charge is 2.51. The van der Waals surface area contributed by atoms with E-state index < -0.39 is 15.4 Å². The second-order valence-electron chi connectivity index (χ2n) is 8.71. The van der Waals surface area contributed by atoms with Crippen molar-refractivity contribution in [3.05, 3.63) is 24.3 Å². The molecule has 2 amide bonds. The lowest BCUT2D eigenvalue weighted by atomic mass is 9.73. The Morgan fingerprint density at radius 2 is 1.61 bits per heavy atom. The highest BCUT2D eigenvalue weighted by atomic mass is 32.2. The Balaban J connectivity index is 1.35. The summed E-state index contributed by atoms with van der Waals surface area (Å²) in [6.07, 6.45) is 5.10. The van der Waals surface area contributed by atoms with Crippen molar-refractivity contribution in [2.75, 3.05) is 39.5 Å². The molecule has 2 saturated heterocycles. The lowest BCUT2D eigenvalue weighted by molar-refractivity contribution is -0.145. The SMILES string of the molecule is CCOc1ccc(S(=O)(=O)N2CCN(CN3C(=O)CC4(CCCCC4)C3=O)CC2)cc1. The van der Waals surface area contributed by atoms with Gasteiger partial charge in [-0.2, -0.15) is 4.31 Å². The molecule has 0 radical (unpaired) electrons. The molecule has 9 heteroatoms. The Morgan fingerprint density at radius 3 is 2.23 bits per heavy atom. The van der Waals surface area contributed by atoms with Crippen molar-refractivity contribution in [1.82, 2.24) is 14.1 Å². The lowest BCUT2D eigenvalue weighted by Gasteiger charge is -2.36. The van der Waals surface area contributed by atoms with Gasteiger partial charge < -0.3 is 4.74 Å². The minimum absolute atomic E-state index is 0.0263. The molecule has 170 valence electrons. The van der Waals surface area contributed by atoms with Crippen molar-refractivity contribution in [1.29, 1.82) is 0 Å². The molecule has 1 spiro atoms. The Bertz CT molecular complexity index is 917. The predicted molar refractivity (Wildman–Crippen MR) is 115 cm³/mol. The molecule has 0 N–H and O–H groups in total. The number of hydrogen-bond acceptors (Lipinski definition) is 6. The van der Waals surface area contributed by atoms with E-state index in [0.717, 1.165) is 32.1 Å². The summed E-state index contributed by atoms with van der Waals surface area (Å²) in [5.74, 6) is 0.528. The number of carbonyl (C=O) groups excluding carboxylic acids is 2. The summed E-state index contributed by atoms with van der Waals surface area (Å²) in [5, 5.41) is 0. The molecule has 0 bridgehead atoms. The van der Waals surface area contributed by atoms with Gasteiger partial charge in [-0.1, -0.05) is 19.3 Å². The summed E-state index contributed by atoms with van der Waals surface area (Å²) >= 11 is 0. The van der Waals surface area contributed by atoms with Crippen molar-refractivity contribution in [2.24, 2.45) is 5.41 Å². The first-order valence-corrected chi connectivity index (χ1v) is 12.6. The zero-order valence-electron chi connectivity index (χ0n) is 18.1. The van der Waals surface area contributed by atoms with Crippen molar-refractivity contribution >= 4 is 21.8 Å². The summed E-state index contributed by atoms with van der Waals surface area (Å²) < 4.78 is 32.8. The number of likely N-dealkylation sites (tertiary alicyclic amines) is 1. The summed E-state index contributed by atoms with van der Waals surface area (Å²) in [6, 6.07) is 6.46. The molecule has 2 aliphatic heterocycles. The first-order chi connectivity index (χ1) is 14.9. The van der Waals surface area contributed by atoms with Gasteiger partial charge in [0.05, 0.1) is 23.6 Å². The minimum atomic E-state index is -3.58. The molecule has 3 fully saturated rings. The van der Waals surface area contributed by atoms with E-state index in [4.69, 9.17) is 4.74 Å². The zero-order valence-corrected chi connectivity index (χ0v) is 18.9. The van der Waals surface area contributed by atoms with Crippen LogP contribution in [0.1, 0.15) is 45.4 Å². The van der Waals surface area contributed by atoms with Gasteiger partial charge in [0.1, 0.15) is 5.75 Å². The molecule has 8 nitrogen and oxygen atoms in total. The number of carbonyl (C=O) groups is 2. The van der Waals surface area contributed by atoms with Gasteiger partial charge in [-0.25, -0.2) is 8.42 Å². The lowest BCUT2D eigenvalue weighted by Crippen LogP contribution is -2.52. The zero-order chi connectivity index (χ0) is 22.1. The van der Waals surface area contributed by atoms with E-state index in [-0.39, 0.29) is 23.4 Å². The molecule has 1 aromatic carbocycles. The Morgan fingerprint density at radius 1 is 0.968 bits per heavy atom. The van der Waals surface area contributed by atoms with Gasteiger partial charge in [-0.3, -0.25) is 19.4 Å². The fourth-order valence-electron chi connectivity index (χ4n) is 4.96. The topological polar surface area (TPSA) is 87.2 Å². The number of ether oxygens (including phenoxy) is 1. The first-order valence-electron chi connectivity index (χ1n) is 11.2. The monoisotopic (exact) mass is 449 g/mol. The van der Waals surface area contributed by atoms with E-state index in [2.05, 4.69) is 0 Å². The number of benzene rings is 1. The highest BCUT2D eigenvalue weighted by Crippen LogP contribution is 2.45.